The molecule has 8 heteroatoms. The Labute approximate surface area is 194 Å². The quantitative estimate of drug-likeness (QED) is 0.489. The fourth-order valence-electron chi connectivity index (χ4n) is 3.43. The largest absolute Gasteiger partial charge is 0.491 e. The summed E-state index contributed by atoms with van der Waals surface area (Å²) < 4.78 is 10.4. The Kier molecular flexibility index (Phi) is 8.58. The molecular weight excluding hydrogens is 426 g/mol. The minimum atomic E-state index is -0.347. The van der Waals surface area contributed by atoms with Gasteiger partial charge in [-0.3, -0.25) is 14.9 Å². The number of nitrogens with one attached hydrogen (secondary N) is 2. The van der Waals surface area contributed by atoms with Gasteiger partial charge in [0.15, 0.2) is 5.11 Å². The predicted molar refractivity (Wildman–Crippen MR) is 128 cm³/mol. The lowest BCUT2D eigenvalue weighted by molar-refractivity contribution is 0.0698. The Bertz CT molecular complexity index is 941. The Balaban J connectivity index is 1.59. The van der Waals surface area contributed by atoms with Crippen molar-refractivity contribution in [1.82, 2.24) is 10.2 Å². The molecule has 0 atom stereocenters. The van der Waals surface area contributed by atoms with E-state index in [0.717, 1.165) is 25.9 Å². The molecule has 3 rings (SSSR count). The summed E-state index contributed by atoms with van der Waals surface area (Å²) in [6.07, 6.45) is 2.01. The summed E-state index contributed by atoms with van der Waals surface area (Å²) in [5.41, 5.74) is 1.56. The predicted octanol–water partition coefficient (Wildman–Crippen LogP) is 3.71. The van der Waals surface area contributed by atoms with Crippen LogP contribution in [-0.4, -0.2) is 55.2 Å². The number of nitrogens with zero attached hydrogens (tertiary/aromatic N) is 1. The van der Waals surface area contributed by atoms with E-state index in [1.807, 2.05) is 17.0 Å². The van der Waals surface area contributed by atoms with Gasteiger partial charge >= 0.3 is 0 Å². The molecule has 2 aromatic rings. The Morgan fingerprint density at radius 1 is 1.06 bits per heavy atom. The van der Waals surface area contributed by atoms with E-state index < -0.39 is 0 Å². The number of ether oxygens (including phenoxy) is 2. The highest BCUT2D eigenvalue weighted by atomic mass is 32.1. The summed E-state index contributed by atoms with van der Waals surface area (Å²) in [7, 11) is 1.61. The first-order valence-electron chi connectivity index (χ1n) is 10.7. The van der Waals surface area contributed by atoms with Crippen molar-refractivity contribution in [2.24, 2.45) is 5.92 Å². The maximum Gasteiger partial charge on any atom is 0.257 e. The van der Waals surface area contributed by atoms with E-state index in [9.17, 15) is 9.59 Å². The lowest BCUT2D eigenvalue weighted by Crippen LogP contribution is -2.39. The molecule has 2 N–H and O–H groups in total. The minimum absolute atomic E-state index is 0.0295. The number of methoxy groups -OCH3 is 1. The molecule has 2 amide bonds. The van der Waals surface area contributed by atoms with Gasteiger partial charge < -0.3 is 19.7 Å². The molecule has 0 aliphatic carbocycles. The number of hydrogen-bond donors (Lipinski definition) is 2. The van der Waals surface area contributed by atoms with E-state index >= 15 is 0 Å². The van der Waals surface area contributed by atoms with Gasteiger partial charge in [0, 0.05) is 25.8 Å². The van der Waals surface area contributed by atoms with Gasteiger partial charge in [-0.2, -0.15) is 0 Å². The second-order valence-corrected chi connectivity index (χ2v) is 8.20. The van der Waals surface area contributed by atoms with Gasteiger partial charge in [0.2, 0.25) is 0 Å². The summed E-state index contributed by atoms with van der Waals surface area (Å²) >= 11 is 5.32. The molecule has 1 aliphatic heterocycles. The van der Waals surface area contributed by atoms with Crippen molar-refractivity contribution < 1.29 is 19.1 Å². The first-order valence-corrected chi connectivity index (χ1v) is 11.1. The number of anilines is 1. The van der Waals surface area contributed by atoms with Crippen LogP contribution in [0.15, 0.2) is 48.5 Å². The number of likely N-dealkylation sites (tertiary alicyclic amines) is 1. The van der Waals surface area contributed by atoms with Gasteiger partial charge in [-0.25, -0.2) is 0 Å². The molecule has 0 spiro atoms. The summed E-state index contributed by atoms with van der Waals surface area (Å²) in [5, 5.41) is 5.79. The fourth-order valence-corrected chi connectivity index (χ4v) is 3.64. The van der Waals surface area contributed by atoms with Crippen molar-refractivity contribution >= 4 is 34.8 Å². The molecule has 1 heterocycles. The minimum Gasteiger partial charge on any atom is -0.491 e. The van der Waals surface area contributed by atoms with Crippen LogP contribution >= 0.6 is 12.2 Å². The zero-order valence-corrected chi connectivity index (χ0v) is 19.2. The SMILES string of the molecule is COCCOc1ccc(C(=O)NC(=S)Nc2ccccc2C(=O)N2CCC(C)CC2)cc1. The van der Waals surface area contributed by atoms with Crippen LogP contribution in [0.4, 0.5) is 5.69 Å². The monoisotopic (exact) mass is 455 g/mol. The molecule has 170 valence electrons. The maximum absolute atomic E-state index is 13.0. The van der Waals surface area contributed by atoms with Crippen LogP contribution in [0.25, 0.3) is 0 Å². The zero-order chi connectivity index (χ0) is 22.9. The van der Waals surface area contributed by atoms with Gasteiger partial charge in [0.1, 0.15) is 12.4 Å². The van der Waals surface area contributed by atoms with Crippen LogP contribution in [0.3, 0.4) is 0 Å². The van der Waals surface area contributed by atoms with E-state index in [1.54, 1.807) is 43.5 Å². The van der Waals surface area contributed by atoms with Crippen molar-refractivity contribution in [1.29, 1.82) is 0 Å². The van der Waals surface area contributed by atoms with Crippen LogP contribution in [0, 0.1) is 5.92 Å². The molecule has 7 nitrogen and oxygen atoms in total. The smallest absolute Gasteiger partial charge is 0.257 e. The number of piperidine rings is 1. The first kappa shape index (κ1) is 23.7. The molecule has 32 heavy (non-hydrogen) atoms. The Hall–Kier alpha value is -2.97. The highest BCUT2D eigenvalue weighted by Gasteiger charge is 2.23. The lowest BCUT2D eigenvalue weighted by atomic mass is 9.98. The number of amides is 2. The third-order valence-corrected chi connectivity index (χ3v) is 5.58. The second kappa shape index (κ2) is 11.6. The Morgan fingerprint density at radius 2 is 1.75 bits per heavy atom. The van der Waals surface area contributed by atoms with Gasteiger partial charge in [0.25, 0.3) is 11.8 Å². The number of hydrogen-bond acceptors (Lipinski definition) is 5. The summed E-state index contributed by atoms with van der Waals surface area (Å²) in [4.78, 5) is 27.4. The number of para-hydroxylation sites is 1. The number of benzene rings is 2. The fraction of sp³-hybridized carbons (Fsp3) is 0.375. The summed E-state index contributed by atoms with van der Waals surface area (Å²) in [5.74, 6) is 0.915. The summed E-state index contributed by atoms with van der Waals surface area (Å²) in [6, 6.07) is 14.0. The maximum atomic E-state index is 13.0. The number of carbonyl (C=O) groups is 2. The second-order valence-electron chi connectivity index (χ2n) is 7.79. The number of rotatable bonds is 7. The molecule has 1 aliphatic rings. The summed E-state index contributed by atoms with van der Waals surface area (Å²) in [6.45, 7) is 4.63. The number of thiocarbonyl (C=S) groups is 1. The van der Waals surface area contributed by atoms with Crippen molar-refractivity contribution in [3.05, 3.63) is 59.7 Å². The molecule has 0 unspecified atom stereocenters. The van der Waals surface area contributed by atoms with Crippen molar-refractivity contribution in [2.45, 2.75) is 19.8 Å². The molecule has 2 aromatic carbocycles. The molecule has 0 radical (unpaired) electrons. The van der Waals surface area contributed by atoms with E-state index in [-0.39, 0.29) is 16.9 Å². The molecule has 1 fully saturated rings. The van der Waals surface area contributed by atoms with Crippen LogP contribution in [-0.2, 0) is 4.74 Å². The molecule has 0 aromatic heterocycles. The van der Waals surface area contributed by atoms with Gasteiger partial charge in [-0.1, -0.05) is 19.1 Å². The molecular formula is C24H29N3O4S. The third-order valence-electron chi connectivity index (χ3n) is 5.38. The van der Waals surface area contributed by atoms with E-state index in [1.165, 1.54) is 0 Å². The van der Waals surface area contributed by atoms with E-state index in [4.69, 9.17) is 21.7 Å². The average Bonchev–Trinajstić information content (AvgIpc) is 2.80. The average molecular weight is 456 g/mol. The van der Waals surface area contributed by atoms with Gasteiger partial charge in [-0.05, 0) is 67.4 Å². The number of carbonyl (C=O) groups excluding carboxylic acids is 2. The van der Waals surface area contributed by atoms with Crippen molar-refractivity contribution in [3.63, 3.8) is 0 Å². The standard InChI is InChI=1S/C24H29N3O4S/c1-17-11-13-27(14-12-17)23(29)20-5-3-4-6-21(20)25-24(32)26-22(28)18-7-9-19(10-8-18)31-16-15-30-2/h3-10,17H,11-16H2,1-2H3,(H2,25,26,28,32). The van der Waals surface area contributed by atoms with E-state index in [0.29, 0.717) is 41.7 Å². The highest BCUT2D eigenvalue weighted by molar-refractivity contribution is 7.80. The lowest BCUT2D eigenvalue weighted by Gasteiger charge is -2.30. The van der Waals surface area contributed by atoms with E-state index in [2.05, 4.69) is 17.6 Å². The zero-order valence-electron chi connectivity index (χ0n) is 18.4. The van der Waals surface area contributed by atoms with Crippen molar-refractivity contribution in [3.8, 4) is 5.75 Å². The third kappa shape index (κ3) is 6.51. The van der Waals surface area contributed by atoms with Crippen LogP contribution in [0.2, 0.25) is 0 Å². The highest BCUT2D eigenvalue weighted by Crippen LogP contribution is 2.22. The molecule has 0 bridgehead atoms. The molecule has 0 saturated carbocycles. The molecule has 1 saturated heterocycles. The Morgan fingerprint density at radius 3 is 2.44 bits per heavy atom. The van der Waals surface area contributed by atoms with Gasteiger partial charge in [-0.15, -0.1) is 0 Å². The topological polar surface area (TPSA) is 79.9 Å². The van der Waals surface area contributed by atoms with Crippen LogP contribution in [0.5, 0.6) is 5.75 Å². The first-order chi connectivity index (χ1) is 15.5. The van der Waals surface area contributed by atoms with Gasteiger partial charge in [0.05, 0.1) is 17.9 Å². The van der Waals surface area contributed by atoms with Crippen molar-refractivity contribution in [2.75, 3.05) is 38.7 Å². The van der Waals surface area contributed by atoms with Crippen LogP contribution < -0.4 is 15.4 Å². The van der Waals surface area contributed by atoms with Crippen LogP contribution in [0.1, 0.15) is 40.5 Å². The normalized spacial score (nSPS) is 14.0.